The van der Waals surface area contributed by atoms with Crippen LogP contribution in [0.4, 0.5) is 5.69 Å². The van der Waals surface area contributed by atoms with Gasteiger partial charge in [0.1, 0.15) is 0 Å². The highest BCUT2D eigenvalue weighted by molar-refractivity contribution is 6.62. The summed E-state index contributed by atoms with van der Waals surface area (Å²) in [6.45, 7) is 15.0. The lowest BCUT2D eigenvalue weighted by molar-refractivity contribution is 0.00578. The average Bonchev–Trinajstić information content (AvgIpc) is 2.92. The number of fused-ring (bicyclic) bond motifs is 1. The van der Waals surface area contributed by atoms with Gasteiger partial charge in [0.05, 0.1) is 16.9 Å². The molecule has 2 aromatic rings. The van der Waals surface area contributed by atoms with Crippen molar-refractivity contribution in [3.05, 3.63) is 23.9 Å². The number of nitrogens with one attached hydrogen (secondary N) is 2. The highest BCUT2D eigenvalue weighted by Gasteiger charge is 2.51. The second kappa shape index (κ2) is 5.27. The Balaban J connectivity index is 2.07. The predicted molar refractivity (Wildman–Crippen MR) is 102 cm³/mol. The van der Waals surface area contributed by atoms with Crippen LogP contribution in [0.5, 0.6) is 0 Å². The molecule has 0 amide bonds. The number of aromatic amines is 1. The van der Waals surface area contributed by atoms with E-state index in [0.717, 1.165) is 16.7 Å². The normalized spacial score (nSPS) is 19.9. The van der Waals surface area contributed by atoms with E-state index in [1.54, 1.807) is 0 Å². The molecule has 1 aliphatic heterocycles. The van der Waals surface area contributed by atoms with Gasteiger partial charge in [-0.1, -0.05) is 32.9 Å². The number of benzene rings is 1. The van der Waals surface area contributed by atoms with Crippen LogP contribution >= 0.6 is 0 Å². The Hall–Kier alpha value is -1.46. The predicted octanol–water partition coefficient (Wildman–Crippen LogP) is 3.81. The number of H-pyrrole nitrogens is 1. The molecule has 2 heterocycles. The van der Waals surface area contributed by atoms with Gasteiger partial charge in [-0.05, 0) is 39.2 Å². The topological polar surface area (TPSA) is 46.3 Å². The summed E-state index contributed by atoms with van der Waals surface area (Å²) in [6, 6.07) is 6.38. The first-order chi connectivity index (χ1) is 11.0. The molecule has 4 nitrogen and oxygen atoms in total. The van der Waals surface area contributed by atoms with Gasteiger partial charge in [-0.15, -0.1) is 0 Å². The van der Waals surface area contributed by atoms with Crippen LogP contribution in [0.15, 0.2) is 18.2 Å². The Morgan fingerprint density at radius 3 is 2.12 bits per heavy atom. The van der Waals surface area contributed by atoms with Crippen molar-refractivity contribution >= 4 is 29.2 Å². The van der Waals surface area contributed by atoms with Crippen molar-refractivity contribution in [2.75, 3.05) is 12.4 Å². The zero-order valence-electron chi connectivity index (χ0n) is 16.1. The Labute approximate surface area is 145 Å². The van der Waals surface area contributed by atoms with Gasteiger partial charge in [0.2, 0.25) is 0 Å². The molecule has 1 aromatic heterocycles. The molecule has 0 atom stereocenters. The molecule has 2 N–H and O–H groups in total. The van der Waals surface area contributed by atoms with E-state index in [1.807, 2.05) is 7.05 Å². The Morgan fingerprint density at radius 2 is 1.62 bits per heavy atom. The van der Waals surface area contributed by atoms with Crippen LogP contribution in [0.3, 0.4) is 0 Å². The fourth-order valence-electron chi connectivity index (χ4n) is 3.16. The maximum Gasteiger partial charge on any atom is 0.494 e. The summed E-state index contributed by atoms with van der Waals surface area (Å²) in [5.74, 6) is 0. The zero-order valence-corrected chi connectivity index (χ0v) is 16.1. The number of hydrogen-bond donors (Lipinski definition) is 2. The van der Waals surface area contributed by atoms with Crippen molar-refractivity contribution in [1.82, 2.24) is 4.98 Å². The number of hydrogen-bond acceptors (Lipinski definition) is 3. The Kier molecular flexibility index (Phi) is 3.81. The lowest BCUT2D eigenvalue weighted by atomic mass is 9.78. The van der Waals surface area contributed by atoms with Gasteiger partial charge in [0, 0.05) is 29.1 Å². The fourth-order valence-corrected chi connectivity index (χ4v) is 3.16. The van der Waals surface area contributed by atoms with Crippen LogP contribution in [0.25, 0.3) is 10.9 Å². The summed E-state index contributed by atoms with van der Waals surface area (Å²) in [6.07, 6.45) is 0. The van der Waals surface area contributed by atoms with E-state index in [0.29, 0.717) is 0 Å². The molecular formula is C19H29BN2O2. The van der Waals surface area contributed by atoms with E-state index in [-0.39, 0.29) is 23.7 Å². The van der Waals surface area contributed by atoms with E-state index in [9.17, 15) is 0 Å². The highest BCUT2D eigenvalue weighted by atomic mass is 16.7. The molecule has 0 aliphatic carbocycles. The van der Waals surface area contributed by atoms with Crippen LogP contribution in [0, 0.1) is 0 Å². The minimum absolute atomic E-state index is 0.0435. The van der Waals surface area contributed by atoms with Crippen LogP contribution in [0.2, 0.25) is 0 Å². The van der Waals surface area contributed by atoms with Crippen LogP contribution in [-0.2, 0) is 14.7 Å². The van der Waals surface area contributed by atoms with Gasteiger partial charge < -0.3 is 19.6 Å². The van der Waals surface area contributed by atoms with E-state index < -0.39 is 0 Å². The summed E-state index contributed by atoms with van der Waals surface area (Å²) in [5, 5.41) is 4.54. The maximum atomic E-state index is 6.19. The molecule has 3 rings (SSSR count). The standard InChI is InChI=1S/C19H29BN2O2/c1-17(2,3)16-15(21-8)13-11-12(9-10-14(13)22-16)20-23-18(4,5)19(6,7)24-20/h9-11,21-22H,1-8H3. The lowest BCUT2D eigenvalue weighted by Crippen LogP contribution is -2.41. The minimum Gasteiger partial charge on any atom is -0.399 e. The van der Waals surface area contributed by atoms with E-state index in [1.165, 1.54) is 11.1 Å². The zero-order chi connectivity index (χ0) is 17.9. The molecule has 24 heavy (non-hydrogen) atoms. The molecule has 0 unspecified atom stereocenters. The van der Waals surface area contributed by atoms with Crippen molar-refractivity contribution < 1.29 is 9.31 Å². The van der Waals surface area contributed by atoms with Gasteiger partial charge in [-0.3, -0.25) is 0 Å². The molecule has 0 radical (unpaired) electrons. The highest BCUT2D eigenvalue weighted by Crippen LogP contribution is 2.38. The summed E-state index contributed by atoms with van der Waals surface area (Å²) in [5.41, 5.74) is 3.94. The molecule has 130 valence electrons. The molecule has 1 saturated heterocycles. The maximum absolute atomic E-state index is 6.19. The van der Waals surface area contributed by atoms with Gasteiger partial charge in [0.15, 0.2) is 0 Å². The van der Waals surface area contributed by atoms with Crippen molar-refractivity contribution in [1.29, 1.82) is 0 Å². The Morgan fingerprint density at radius 1 is 1.04 bits per heavy atom. The first kappa shape index (κ1) is 17.4. The van der Waals surface area contributed by atoms with Gasteiger partial charge in [-0.2, -0.15) is 0 Å². The summed E-state index contributed by atoms with van der Waals surface area (Å²) in [7, 11) is 1.64. The third-order valence-corrected chi connectivity index (χ3v) is 5.35. The molecular weight excluding hydrogens is 299 g/mol. The second-order valence-corrected chi connectivity index (χ2v) is 8.77. The first-order valence-corrected chi connectivity index (χ1v) is 8.66. The van der Waals surface area contributed by atoms with Crippen molar-refractivity contribution in [3.8, 4) is 0 Å². The monoisotopic (exact) mass is 328 g/mol. The molecule has 1 aliphatic rings. The minimum atomic E-state index is -0.336. The third kappa shape index (κ3) is 2.64. The van der Waals surface area contributed by atoms with Crippen molar-refractivity contribution in [3.63, 3.8) is 0 Å². The van der Waals surface area contributed by atoms with Crippen molar-refractivity contribution in [2.24, 2.45) is 0 Å². The number of anilines is 1. The smallest absolute Gasteiger partial charge is 0.399 e. The number of aromatic nitrogens is 1. The lowest BCUT2D eigenvalue weighted by Gasteiger charge is -2.32. The third-order valence-electron chi connectivity index (χ3n) is 5.35. The average molecular weight is 328 g/mol. The molecule has 5 heteroatoms. The van der Waals surface area contributed by atoms with Crippen LogP contribution < -0.4 is 10.8 Å². The van der Waals surface area contributed by atoms with Gasteiger partial charge in [0.25, 0.3) is 0 Å². The second-order valence-electron chi connectivity index (χ2n) is 8.77. The Bertz CT molecular complexity index is 756. The van der Waals surface area contributed by atoms with Crippen molar-refractivity contribution in [2.45, 2.75) is 65.1 Å². The fraction of sp³-hybridized carbons (Fsp3) is 0.579. The first-order valence-electron chi connectivity index (χ1n) is 8.66. The van der Waals surface area contributed by atoms with E-state index in [4.69, 9.17) is 9.31 Å². The molecule has 0 spiro atoms. The summed E-state index contributed by atoms with van der Waals surface area (Å²) >= 11 is 0. The summed E-state index contributed by atoms with van der Waals surface area (Å²) in [4.78, 5) is 3.56. The van der Waals surface area contributed by atoms with Crippen LogP contribution in [0.1, 0.15) is 54.2 Å². The largest absolute Gasteiger partial charge is 0.494 e. The van der Waals surface area contributed by atoms with E-state index >= 15 is 0 Å². The van der Waals surface area contributed by atoms with E-state index in [2.05, 4.69) is 77.0 Å². The van der Waals surface area contributed by atoms with Crippen LogP contribution in [-0.4, -0.2) is 30.4 Å². The SMILES string of the molecule is CNc1c(C(C)(C)C)[nH]c2ccc(B3OC(C)(C)C(C)(C)O3)cc12. The van der Waals surface area contributed by atoms with Gasteiger partial charge >= 0.3 is 7.12 Å². The number of rotatable bonds is 2. The molecule has 0 saturated carbocycles. The van der Waals surface area contributed by atoms with Gasteiger partial charge in [-0.25, -0.2) is 0 Å². The molecule has 0 bridgehead atoms. The summed E-state index contributed by atoms with van der Waals surface area (Å²) < 4.78 is 12.4. The molecule has 1 aromatic carbocycles. The quantitative estimate of drug-likeness (QED) is 0.824. The molecule has 1 fully saturated rings.